The molecule has 1 rings (SSSR count). The predicted octanol–water partition coefficient (Wildman–Crippen LogP) is 2.46. The monoisotopic (exact) mass is 223 g/mol. The molecule has 1 aromatic rings. The lowest BCUT2D eigenvalue weighted by Gasteiger charge is -2.16. The van der Waals surface area contributed by atoms with Crippen LogP contribution < -0.4 is 14.8 Å². The number of para-hydroxylation sites is 2. The lowest BCUT2D eigenvalue weighted by Crippen LogP contribution is -2.16. The van der Waals surface area contributed by atoms with Crippen molar-refractivity contribution in [1.82, 2.24) is 5.32 Å². The van der Waals surface area contributed by atoms with Crippen molar-refractivity contribution in [3.63, 3.8) is 0 Å². The molecule has 0 aliphatic carbocycles. The lowest BCUT2D eigenvalue weighted by atomic mass is 10.2. The molecule has 0 aliphatic heterocycles. The van der Waals surface area contributed by atoms with Gasteiger partial charge in [0.05, 0.1) is 13.2 Å². The SMILES string of the molecule is CNCCCC(C)Oc1ccccc1OC. The smallest absolute Gasteiger partial charge is 0.161 e. The Morgan fingerprint density at radius 3 is 2.56 bits per heavy atom. The number of methoxy groups -OCH3 is 1. The third-order valence-corrected chi connectivity index (χ3v) is 2.43. The molecule has 0 amide bonds. The summed E-state index contributed by atoms with van der Waals surface area (Å²) in [5.41, 5.74) is 0. The van der Waals surface area contributed by atoms with Crippen LogP contribution in [-0.4, -0.2) is 26.8 Å². The maximum atomic E-state index is 5.83. The molecule has 1 aromatic carbocycles. The van der Waals surface area contributed by atoms with E-state index in [1.54, 1.807) is 7.11 Å². The Bertz CT molecular complexity index is 302. The molecule has 3 heteroatoms. The van der Waals surface area contributed by atoms with E-state index in [2.05, 4.69) is 12.2 Å². The summed E-state index contributed by atoms with van der Waals surface area (Å²) in [5.74, 6) is 1.62. The number of ether oxygens (including phenoxy) is 2. The highest BCUT2D eigenvalue weighted by atomic mass is 16.5. The normalized spacial score (nSPS) is 12.2. The molecule has 0 heterocycles. The Labute approximate surface area is 97.8 Å². The van der Waals surface area contributed by atoms with E-state index in [-0.39, 0.29) is 6.10 Å². The quantitative estimate of drug-likeness (QED) is 0.720. The molecule has 0 saturated heterocycles. The Hall–Kier alpha value is -1.22. The first-order chi connectivity index (χ1) is 7.77. The first-order valence-corrected chi connectivity index (χ1v) is 5.72. The zero-order valence-corrected chi connectivity index (χ0v) is 10.3. The summed E-state index contributed by atoms with van der Waals surface area (Å²) in [5, 5.41) is 3.13. The third-order valence-electron chi connectivity index (χ3n) is 2.43. The fourth-order valence-corrected chi connectivity index (χ4v) is 1.56. The molecular formula is C13H21NO2. The number of benzene rings is 1. The van der Waals surface area contributed by atoms with E-state index in [1.807, 2.05) is 31.3 Å². The van der Waals surface area contributed by atoms with Crippen LogP contribution in [0.4, 0.5) is 0 Å². The lowest BCUT2D eigenvalue weighted by molar-refractivity contribution is 0.199. The molecule has 0 bridgehead atoms. The molecule has 3 nitrogen and oxygen atoms in total. The van der Waals surface area contributed by atoms with Gasteiger partial charge in [0, 0.05) is 0 Å². The topological polar surface area (TPSA) is 30.5 Å². The summed E-state index contributed by atoms with van der Waals surface area (Å²) in [6, 6.07) is 7.75. The molecule has 0 fully saturated rings. The zero-order chi connectivity index (χ0) is 11.8. The fourth-order valence-electron chi connectivity index (χ4n) is 1.56. The van der Waals surface area contributed by atoms with Gasteiger partial charge < -0.3 is 14.8 Å². The molecule has 0 aromatic heterocycles. The standard InChI is InChI=1S/C13H21NO2/c1-11(7-6-10-14-2)16-13-9-5-4-8-12(13)15-3/h4-5,8-9,11,14H,6-7,10H2,1-3H3. The number of hydrogen-bond donors (Lipinski definition) is 1. The number of rotatable bonds is 7. The van der Waals surface area contributed by atoms with Crippen LogP contribution in [-0.2, 0) is 0 Å². The van der Waals surface area contributed by atoms with Crippen LogP contribution in [0.25, 0.3) is 0 Å². The summed E-state index contributed by atoms with van der Waals surface area (Å²) in [4.78, 5) is 0. The summed E-state index contributed by atoms with van der Waals surface area (Å²) < 4.78 is 11.1. The van der Waals surface area contributed by atoms with Gasteiger partial charge in [0.2, 0.25) is 0 Å². The predicted molar refractivity (Wildman–Crippen MR) is 66.2 cm³/mol. The van der Waals surface area contributed by atoms with Gasteiger partial charge in [-0.25, -0.2) is 0 Å². The van der Waals surface area contributed by atoms with E-state index in [0.29, 0.717) is 0 Å². The first kappa shape index (κ1) is 12.8. The number of hydrogen-bond acceptors (Lipinski definition) is 3. The Kier molecular flexibility index (Phi) is 5.72. The summed E-state index contributed by atoms with van der Waals surface area (Å²) in [6.07, 6.45) is 2.37. The Morgan fingerprint density at radius 2 is 1.94 bits per heavy atom. The molecule has 90 valence electrons. The minimum absolute atomic E-state index is 0.213. The van der Waals surface area contributed by atoms with Crippen molar-refractivity contribution in [2.24, 2.45) is 0 Å². The van der Waals surface area contributed by atoms with Crippen LogP contribution in [0.5, 0.6) is 11.5 Å². The summed E-state index contributed by atoms with van der Waals surface area (Å²) >= 11 is 0. The molecular weight excluding hydrogens is 202 g/mol. The molecule has 0 aliphatic rings. The zero-order valence-electron chi connectivity index (χ0n) is 10.3. The largest absolute Gasteiger partial charge is 0.493 e. The van der Waals surface area contributed by atoms with Crippen molar-refractivity contribution in [2.75, 3.05) is 20.7 Å². The van der Waals surface area contributed by atoms with E-state index in [9.17, 15) is 0 Å². The van der Waals surface area contributed by atoms with Gasteiger partial charge in [0.15, 0.2) is 11.5 Å². The van der Waals surface area contributed by atoms with Crippen molar-refractivity contribution in [3.05, 3.63) is 24.3 Å². The van der Waals surface area contributed by atoms with Crippen LogP contribution in [0.2, 0.25) is 0 Å². The van der Waals surface area contributed by atoms with E-state index < -0.39 is 0 Å². The average Bonchev–Trinajstić information content (AvgIpc) is 2.30. The minimum atomic E-state index is 0.213. The van der Waals surface area contributed by atoms with Crippen molar-refractivity contribution in [1.29, 1.82) is 0 Å². The Morgan fingerprint density at radius 1 is 1.25 bits per heavy atom. The maximum absolute atomic E-state index is 5.83. The molecule has 0 spiro atoms. The van der Waals surface area contributed by atoms with Crippen molar-refractivity contribution < 1.29 is 9.47 Å². The highest BCUT2D eigenvalue weighted by Gasteiger charge is 2.07. The second kappa shape index (κ2) is 7.12. The summed E-state index contributed by atoms with van der Waals surface area (Å²) in [6.45, 7) is 3.11. The van der Waals surface area contributed by atoms with E-state index >= 15 is 0 Å². The molecule has 1 unspecified atom stereocenters. The van der Waals surface area contributed by atoms with Gasteiger partial charge >= 0.3 is 0 Å². The maximum Gasteiger partial charge on any atom is 0.161 e. The van der Waals surface area contributed by atoms with Crippen molar-refractivity contribution >= 4 is 0 Å². The molecule has 1 atom stereocenters. The van der Waals surface area contributed by atoms with E-state index in [4.69, 9.17) is 9.47 Å². The second-order valence-electron chi connectivity index (χ2n) is 3.83. The average molecular weight is 223 g/mol. The van der Waals surface area contributed by atoms with Crippen LogP contribution in [0.3, 0.4) is 0 Å². The van der Waals surface area contributed by atoms with E-state index in [1.165, 1.54) is 0 Å². The highest BCUT2D eigenvalue weighted by molar-refractivity contribution is 5.39. The third kappa shape index (κ3) is 4.11. The van der Waals surface area contributed by atoms with Crippen LogP contribution in [0.1, 0.15) is 19.8 Å². The molecule has 16 heavy (non-hydrogen) atoms. The number of nitrogens with one attached hydrogen (secondary N) is 1. The second-order valence-corrected chi connectivity index (χ2v) is 3.83. The van der Waals surface area contributed by atoms with Crippen molar-refractivity contribution in [2.45, 2.75) is 25.9 Å². The fraction of sp³-hybridized carbons (Fsp3) is 0.538. The summed E-state index contributed by atoms with van der Waals surface area (Å²) in [7, 11) is 3.62. The molecule has 1 N–H and O–H groups in total. The molecule has 0 saturated carbocycles. The van der Waals surface area contributed by atoms with Gasteiger partial charge in [-0.15, -0.1) is 0 Å². The van der Waals surface area contributed by atoms with Crippen LogP contribution >= 0.6 is 0 Å². The van der Waals surface area contributed by atoms with Gasteiger partial charge in [-0.3, -0.25) is 0 Å². The molecule has 0 radical (unpaired) electrons. The van der Waals surface area contributed by atoms with Gasteiger partial charge in [-0.1, -0.05) is 12.1 Å². The van der Waals surface area contributed by atoms with Gasteiger partial charge in [-0.05, 0) is 45.5 Å². The van der Waals surface area contributed by atoms with Gasteiger partial charge in [-0.2, -0.15) is 0 Å². The Balaban J connectivity index is 2.45. The van der Waals surface area contributed by atoms with Crippen LogP contribution in [0.15, 0.2) is 24.3 Å². The minimum Gasteiger partial charge on any atom is -0.493 e. The first-order valence-electron chi connectivity index (χ1n) is 5.72. The van der Waals surface area contributed by atoms with Crippen LogP contribution in [0, 0.1) is 0 Å². The van der Waals surface area contributed by atoms with Gasteiger partial charge in [0.25, 0.3) is 0 Å². The van der Waals surface area contributed by atoms with Crippen molar-refractivity contribution in [3.8, 4) is 11.5 Å². The van der Waals surface area contributed by atoms with Gasteiger partial charge in [0.1, 0.15) is 0 Å². The highest BCUT2D eigenvalue weighted by Crippen LogP contribution is 2.27. The van der Waals surface area contributed by atoms with E-state index in [0.717, 1.165) is 30.9 Å².